The van der Waals surface area contributed by atoms with Crippen LogP contribution in [0.4, 0.5) is 10.1 Å². The first kappa shape index (κ1) is 13.5. The molecule has 1 aromatic heterocycles. The van der Waals surface area contributed by atoms with Crippen molar-refractivity contribution in [1.82, 2.24) is 9.78 Å². The fourth-order valence-electron chi connectivity index (χ4n) is 2.59. The first-order valence-electron chi connectivity index (χ1n) is 6.70. The molecule has 0 fully saturated rings. The number of ketones is 1. The van der Waals surface area contributed by atoms with Gasteiger partial charge in [-0.05, 0) is 38.1 Å². The molecule has 5 nitrogen and oxygen atoms in total. The molecule has 2 heterocycles. The Labute approximate surface area is 121 Å². The smallest absolute Gasteiger partial charge is 0.299 e. The topological polar surface area (TPSA) is 55.2 Å². The number of aryl methyl sites for hydroxylation is 2. The number of rotatable bonds is 3. The number of carbonyl (C=O) groups excluding carboxylic acids is 2. The van der Waals surface area contributed by atoms with Crippen LogP contribution in [0.1, 0.15) is 28.7 Å². The Morgan fingerprint density at radius 2 is 2.00 bits per heavy atom. The fourth-order valence-corrected chi connectivity index (χ4v) is 2.59. The molecule has 1 aliphatic rings. The SMILES string of the molecule is CCn1nc(C)cc1CN1C(=O)C(=O)c2cc(F)ccc21. The van der Waals surface area contributed by atoms with Gasteiger partial charge in [0.1, 0.15) is 5.82 Å². The van der Waals surface area contributed by atoms with E-state index >= 15 is 0 Å². The van der Waals surface area contributed by atoms with E-state index < -0.39 is 17.5 Å². The van der Waals surface area contributed by atoms with E-state index in [1.165, 1.54) is 17.0 Å². The molecule has 1 aromatic carbocycles. The third kappa shape index (κ3) is 2.12. The van der Waals surface area contributed by atoms with Crippen LogP contribution >= 0.6 is 0 Å². The summed E-state index contributed by atoms with van der Waals surface area (Å²) in [4.78, 5) is 25.4. The van der Waals surface area contributed by atoms with Crippen molar-refractivity contribution in [3.63, 3.8) is 0 Å². The van der Waals surface area contributed by atoms with E-state index in [0.29, 0.717) is 12.2 Å². The Balaban J connectivity index is 2.00. The summed E-state index contributed by atoms with van der Waals surface area (Å²) in [6, 6.07) is 5.70. The van der Waals surface area contributed by atoms with Crippen molar-refractivity contribution >= 4 is 17.4 Å². The van der Waals surface area contributed by atoms with Crippen LogP contribution in [0, 0.1) is 12.7 Å². The molecular formula is C15H14FN3O2. The van der Waals surface area contributed by atoms with Gasteiger partial charge in [0, 0.05) is 6.54 Å². The summed E-state index contributed by atoms with van der Waals surface area (Å²) in [5, 5.41) is 4.32. The lowest BCUT2D eigenvalue weighted by molar-refractivity contribution is -0.114. The highest BCUT2D eigenvalue weighted by atomic mass is 19.1. The average Bonchev–Trinajstić information content (AvgIpc) is 2.92. The molecule has 2 aromatic rings. The molecule has 108 valence electrons. The normalized spacial score (nSPS) is 14.0. The lowest BCUT2D eigenvalue weighted by atomic mass is 10.1. The van der Waals surface area contributed by atoms with Crippen LogP contribution in [0.3, 0.4) is 0 Å². The summed E-state index contributed by atoms with van der Waals surface area (Å²) in [5.41, 5.74) is 2.27. The predicted molar refractivity (Wildman–Crippen MR) is 74.6 cm³/mol. The Bertz CT molecular complexity index is 751. The number of benzene rings is 1. The second-order valence-corrected chi connectivity index (χ2v) is 4.97. The minimum atomic E-state index is -0.663. The first-order valence-corrected chi connectivity index (χ1v) is 6.70. The van der Waals surface area contributed by atoms with E-state index in [-0.39, 0.29) is 12.1 Å². The van der Waals surface area contributed by atoms with E-state index in [1.807, 2.05) is 19.9 Å². The zero-order valence-corrected chi connectivity index (χ0v) is 11.8. The highest BCUT2D eigenvalue weighted by Crippen LogP contribution is 2.30. The summed E-state index contributed by atoms with van der Waals surface area (Å²) in [5.74, 6) is -1.81. The van der Waals surface area contributed by atoms with E-state index in [2.05, 4.69) is 5.10 Å². The van der Waals surface area contributed by atoms with E-state index in [1.54, 1.807) is 4.68 Å². The Hall–Kier alpha value is -2.50. The van der Waals surface area contributed by atoms with Crippen molar-refractivity contribution in [3.05, 3.63) is 47.0 Å². The largest absolute Gasteiger partial charge is 0.299 e. The van der Waals surface area contributed by atoms with Gasteiger partial charge in [-0.15, -0.1) is 0 Å². The van der Waals surface area contributed by atoms with Gasteiger partial charge in [-0.1, -0.05) is 0 Å². The number of halogens is 1. The van der Waals surface area contributed by atoms with Crippen molar-refractivity contribution in [2.75, 3.05) is 4.90 Å². The zero-order chi connectivity index (χ0) is 15.1. The molecule has 6 heteroatoms. The van der Waals surface area contributed by atoms with Crippen molar-refractivity contribution in [2.24, 2.45) is 0 Å². The number of carbonyl (C=O) groups is 2. The summed E-state index contributed by atoms with van der Waals surface area (Å²) in [6.45, 7) is 4.75. The third-order valence-corrected chi connectivity index (χ3v) is 3.54. The summed E-state index contributed by atoms with van der Waals surface area (Å²) in [6.07, 6.45) is 0. The van der Waals surface area contributed by atoms with Gasteiger partial charge in [0.15, 0.2) is 0 Å². The maximum Gasteiger partial charge on any atom is 0.299 e. The van der Waals surface area contributed by atoms with E-state index in [9.17, 15) is 14.0 Å². The molecule has 1 amide bonds. The van der Waals surface area contributed by atoms with Crippen molar-refractivity contribution in [3.8, 4) is 0 Å². The second-order valence-electron chi connectivity index (χ2n) is 4.97. The van der Waals surface area contributed by atoms with Gasteiger partial charge in [0.05, 0.1) is 29.2 Å². The molecular weight excluding hydrogens is 273 g/mol. The molecule has 0 aliphatic carbocycles. The minimum absolute atomic E-state index is 0.124. The van der Waals surface area contributed by atoms with Crippen LogP contribution in [0.25, 0.3) is 0 Å². The molecule has 21 heavy (non-hydrogen) atoms. The predicted octanol–water partition coefficient (Wildman–Crippen LogP) is 2.08. The highest BCUT2D eigenvalue weighted by molar-refractivity contribution is 6.52. The third-order valence-electron chi connectivity index (χ3n) is 3.54. The van der Waals surface area contributed by atoms with Gasteiger partial charge >= 0.3 is 0 Å². The van der Waals surface area contributed by atoms with Crippen LogP contribution in [0.5, 0.6) is 0 Å². The number of nitrogens with zero attached hydrogens (tertiary/aromatic N) is 3. The lowest BCUT2D eigenvalue weighted by Crippen LogP contribution is -2.30. The minimum Gasteiger partial charge on any atom is -0.299 e. The molecule has 0 saturated heterocycles. The maximum absolute atomic E-state index is 13.2. The van der Waals surface area contributed by atoms with Crippen LogP contribution in [0.2, 0.25) is 0 Å². The standard InChI is InChI=1S/C15H14FN3O2/c1-3-19-11(6-9(2)17-19)8-18-13-5-4-10(16)7-12(13)14(20)15(18)21/h4-7H,3,8H2,1-2H3. The molecule has 3 rings (SSSR count). The Kier molecular flexibility index (Phi) is 3.08. The summed E-state index contributed by atoms with van der Waals surface area (Å²) >= 11 is 0. The number of hydrogen-bond acceptors (Lipinski definition) is 3. The molecule has 0 N–H and O–H groups in total. The molecule has 0 radical (unpaired) electrons. The number of aromatic nitrogens is 2. The number of Topliss-reactive ketones (excluding diaryl/α,β-unsaturated/α-hetero) is 1. The number of anilines is 1. The second kappa shape index (κ2) is 4.80. The van der Waals surface area contributed by atoms with Gasteiger partial charge in [0.25, 0.3) is 11.7 Å². The summed E-state index contributed by atoms with van der Waals surface area (Å²) in [7, 11) is 0. The van der Waals surface area contributed by atoms with Crippen molar-refractivity contribution < 1.29 is 14.0 Å². The molecule has 1 aliphatic heterocycles. The van der Waals surface area contributed by atoms with E-state index in [0.717, 1.165) is 17.5 Å². The van der Waals surface area contributed by atoms with Gasteiger partial charge < -0.3 is 0 Å². The van der Waals surface area contributed by atoms with Gasteiger partial charge in [-0.2, -0.15) is 5.10 Å². The maximum atomic E-state index is 13.2. The molecule has 0 saturated carbocycles. The average molecular weight is 287 g/mol. The number of hydrogen-bond donors (Lipinski definition) is 0. The highest BCUT2D eigenvalue weighted by Gasteiger charge is 2.36. The molecule has 0 atom stereocenters. The quantitative estimate of drug-likeness (QED) is 0.812. The zero-order valence-electron chi connectivity index (χ0n) is 11.8. The van der Waals surface area contributed by atoms with Gasteiger partial charge in [-0.25, -0.2) is 4.39 Å². The number of fused-ring (bicyclic) bond motifs is 1. The van der Waals surface area contributed by atoms with E-state index in [4.69, 9.17) is 0 Å². The molecule has 0 spiro atoms. The van der Waals surface area contributed by atoms with Crippen LogP contribution < -0.4 is 4.90 Å². The monoisotopic (exact) mass is 287 g/mol. The number of amides is 1. The van der Waals surface area contributed by atoms with Crippen molar-refractivity contribution in [1.29, 1.82) is 0 Å². The van der Waals surface area contributed by atoms with Crippen LogP contribution in [-0.2, 0) is 17.9 Å². The molecule has 0 bridgehead atoms. The fraction of sp³-hybridized carbons (Fsp3) is 0.267. The van der Waals surface area contributed by atoms with Crippen LogP contribution in [-0.4, -0.2) is 21.5 Å². The lowest BCUT2D eigenvalue weighted by Gasteiger charge is -2.16. The Morgan fingerprint density at radius 1 is 1.24 bits per heavy atom. The van der Waals surface area contributed by atoms with Gasteiger partial charge in [0.2, 0.25) is 0 Å². The van der Waals surface area contributed by atoms with Gasteiger partial charge in [-0.3, -0.25) is 19.2 Å². The molecule has 0 unspecified atom stereocenters. The summed E-state index contributed by atoms with van der Waals surface area (Å²) < 4.78 is 15.0. The first-order chi connectivity index (χ1) is 10.0. The van der Waals surface area contributed by atoms with Crippen molar-refractivity contribution in [2.45, 2.75) is 26.9 Å². The Morgan fingerprint density at radius 3 is 2.71 bits per heavy atom. The van der Waals surface area contributed by atoms with Crippen LogP contribution in [0.15, 0.2) is 24.3 Å².